The summed E-state index contributed by atoms with van der Waals surface area (Å²) in [6.07, 6.45) is 0.265. The standard InChI is InChI=1S/C13H19NO3S/c1-2-18-10-9-17-13(15)7-8-16-12-5-3-11(14)4-6-12/h3-6H,2,7-10,14H2,1H3. The first kappa shape index (κ1) is 14.7. The van der Waals surface area contributed by atoms with E-state index < -0.39 is 0 Å². The van der Waals surface area contributed by atoms with Gasteiger partial charge < -0.3 is 15.2 Å². The molecular weight excluding hydrogens is 250 g/mol. The molecule has 0 atom stereocenters. The van der Waals surface area contributed by atoms with Gasteiger partial charge in [-0.2, -0.15) is 11.8 Å². The lowest BCUT2D eigenvalue weighted by molar-refractivity contribution is -0.143. The van der Waals surface area contributed by atoms with Crippen LogP contribution in [0.15, 0.2) is 24.3 Å². The molecule has 0 heterocycles. The third-order valence-electron chi connectivity index (χ3n) is 2.15. The van der Waals surface area contributed by atoms with Crippen LogP contribution in [0.25, 0.3) is 0 Å². The van der Waals surface area contributed by atoms with Crippen LogP contribution >= 0.6 is 11.8 Å². The third-order valence-corrected chi connectivity index (χ3v) is 3.01. The molecule has 2 N–H and O–H groups in total. The van der Waals surface area contributed by atoms with Gasteiger partial charge in [-0.3, -0.25) is 4.79 Å². The molecule has 0 aliphatic heterocycles. The molecule has 18 heavy (non-hydrogen) atoms. The van der Waals surface area contributed by atoms with E-state index in [0.29, 0.717) is 24.7 Å². The number of thioether (sulfide) groups is 1. The van der Waals surface area contributed by atoms with Crippen molar-refractivity contribution in [2.45, 2.75) is 13.3 Å². The summed E-state index contributed by atoms with van der Waals surface area (Å²) >= 11 is 1.75. The van der Waals surface area contributed by atoms with Crippen LogP contribution in [0, 0.1) is 0 Å². The molecule has 1 aromatic rings. The molecule has 4 nitrogen and oxygen atoms in total. The van der Waals surface area contributed by atoms with E-state index in [4.69, 9.17) is 15.2 Å². The van der Waals surface area contributed by atoms with Crippen molar-refractivity contribution in [2.24, 2.45) is 0 Å². The van der Waals surface area contributed by atoms with E-state index in [1.165, 1.54) is 0 Å². The van der Waals surface area contributed by atoms with Gasteiger partial charge in [-0.15, -0.1) is 0 Å². The molecule has 0 aliphatic carbocycles. The first-order valence-corrected chi connectivity index (χ1v) is 7.09. The Morgan fingerprint density at radius 1 is 1.28 bits per heavy atom. The fourth-order valence-corrected chi connectivity index (χ4v) is 1.74. The molecule has 100 valence electrons. The summed E-state index contributed by atoms with van der Waals surface area (Å²) in [5.74, 6) is 2.37. The number of rotatable bonds is 8. The van der Waals surface area contributed by atoms with Crippen molar-refractivity contribution in [3.05, 3.63) is 24.3 Å². The van der Waals surface area contributed by atoms with Gasteiger partial charge in [0.2, 0.25) is 0 Å². The Balaban J connectivity index is 2.10. The second kappa shape index (κ2) is 8.69. The summed E-state index contributed by atoms with van der Waals surface area (Å²) in [5, 5.41) is 0. The number of nitrogens with two attached hydrogens (primary N) is 1. The van der Waals surface area contributed by atoms with Crippen LogP contribution in [-0.4, -0.2) is 30.7 Å². The fraction of sp³-hybridized carbons (Fsp3) is 0.462. The zero-order chi connectivity index (χ0) is 13.2. The topological polar surface area (TPSA) is 61.5 Å². The molecule has 0 fully saturated rings. The Labute approximate surface area is 112 Å². The number of anilines is 1. The Hall–Kier alpha value is -1.36. The van der Waals surface area contributed by atoms with Crippen LogP contribution in [0.2, 0.25) is 0 Å². The van der Waals surface area contributed by atoms with Gasteiger partial charge in [0.25, 0.3) is 0 Å². The van der Waals surface area contributed by atoms with Crippen molar-refractivity contribution >= 4 is 23.4 Å². The van der Waals surface area contributed by atoms with Crippen LogP contribution in [0.3, 0.4) is 0 Å². The zero-order valence-electron chi connectivity index (χ0n) is 10.6. The van der Waals surface area contributed by atoms with Crippen LogP contribution in [-0.2, 0) is 9.53 Å². The van der Waals surface area contributed by atoms with Crippen LogP contribution in [0.4, 0.5) is 5.69 Å². The number of carbonyl (C=O) groups is 1. The first-order chi connectivity index (χ1) is 8.72. The highest BCUT2D eigenvalue weighted by Crippen LogP contribution is 2.13. The first-order valence-electron chi connectivity index (χ1n) is 5.94. The zero-order valence-corrected chi connectivity index (χ0v) is 11.4. The predicted molar refractivity (Wildman–Crippen MR) is 74.9 cm³/mol. The van der Waals surface area contributed by atoms with Gasteiger partial charge in [0, 0.05) is 11.4 Å². The summed E-state index contributed by atoms with van der Waals surface area (Å²) in [6, 6.07) is 7.07. The van der Waals surface area contributed by atoms with Gasteiger partial charge in [0.15, 0.2) is 0 Å². The maximum atomic E-state index is 11.3. The molecule has 0 unspecified atom stereocenters. The van der Waals surface area contributed by atoms with E-state index in [-0.39, 0.29) is 12.4 Å². The highest BCUT2D eigenvalue weighted by Gasteiger charge is 2.03. The fourth-order valence-electron chi connectivity index (χ4n) is 1.25. The average Bonchev–Trinajstić information content (AvgIpc) is 2.37. The summed E-state index contributed by atoms with van der Waals surface area (Å²) < 4.78 is 10.4. The Bertz CT molecular complexity index is 354. The largest absolute Gasteiger partial charge is 0.493 e. The van der Waals surface area contributed by atoms with E-state index in [0.717, 1.165) is 11.5 Å². The van der Waals surface area contributed by atoms with Crippen LogP contribution in [0.1, 0.15) is 13.3 Å². The second-order valence-corrected chi connectivity index (χ2v) is 4.98. The minimum absolute atomic E-state index is 0.220. The minimum atomic E-state index is -0.220. The molecule has 0 radical (unpaired) electrons. The highest BCUT2D eigenvalue weighted by molar-refractivity contribution is 7.99. The third kappa shape index (κ3) is 6.39. The van der Waals surface area contributed by atoms with E-state index in [1.807, 2.05) is 0 Å². The Kier molecular flexibility index (Phi) is 7.10. The van der Waals surface area contributed by atoms with E-state index >= 15 is 0 Å². The molecular formula is C13H19NO3S. The molecule has 0 aliphatic rings. The van der Waals surface area contributed by atoms with Crippen LogP contribution in [0.5, 0.6) is 5.75 Å². The maximum Gasteiger partial charge on any atom is 0.309 e. The summed E-state index contributed by atoms with van der Waals surface area (Å²) in [6.45, 7) is 2.87. The molecule has 5 heteroatoms. The number of esters is 1. The highest BCUT2D eigenvalue weighted by atomic mass is 32.2. The van der Waals surface area contributed by atoms with Crippen LogP contribution < -0.4 is 10.5 Å². The lowest BCUT2D eigenvalue weighted by atomic mass is 10.3. The maximum absolute atomic E-state index is 11.3. The molecule has 0 saturated heterocycles. The van der Waals surface area contributed by atoms with E-state index in [2.05, 4.69) is 6.92 Å². The summed E-state index contributed by atoms with van der Waals surface area (Å²) in [4.78, 5) is 11.3. The predicted octanol–water partition coefficient (Wildman–Crippen LogP) is 2.33. The monoisotopic (exact) mass is 269 g/mol. The van der Waals surface area contributed by atoms with Gasteiger partial charge in [-0.25, -0.2) is 0 Å². The van der Waals surface area contributed by atoms with E-state index in [9.17, 15) is 4.79 Å². The molecule has 0 amide bonds. The number of nitrogen functional groups attached to an aromatic ring is 1. The smallest absolute Gasteiger partial charge is 0.309 e. The molecule has 1 aromatic carbocycles. The normalized spacial score (nSPS) is 10.1. The number of hydrogen-bond donors (Lipinski definition) is 1. The molecule has 0 aromatic heterocycles. The van der Waals surface area contributed by atoms with Crippen molar-refractivity contribution in [3.8, 4) is 5.75 Å². The number of ether oxygens (including phenoxy) is 2. The van der Waals surface area contributed by atoms with Crippen molar-refractivity contribution in [3.63, 3.8) is 0 Å². The number of hydrogen-bond acceptors (Lipinski definition) is 5. The quantitative estimate of drug-likeness (QED) is 0.446. The number of benzene rings is 1. The summed E-state index contributed by atoms with van der Waals surface area (Å²) in [7, 11) is 0. The van der Waals surface area contributed by atoms with Crippen molar-refractivity contribution in [1.82, 2.24) is 0 Å². The average molecular weight is 269 g/mol. The molecule has 1 rings (SSSR count). The van der Waals surface area contributed by atoms with E-state index in [1.54, 1.807) is 36.0 Å². The van der Waals surface area contributed by atoms with Gasteiger partial charge in [-0.1, -0.05) is 6.92 Å². The van der Waals surface area contributed by atoms with Gasteiger partial charge in [0.1, 0.15) is 12.4 Å². The lowest BCUT2D eigenvalue weighted by Gasteiger charge is -2.06. The van der Waals surface area contributed by atoms with Gasteiger partial charge >= 0.3 is 5.97 Å². The Morgan fingerprint density at radius 2 is 2.00 bits per heavy atom. The second-order valence-electron chi connectivity index (χ2n) is 3.58. The Morgan fingerprint density at radius 3 is 2.67 bits per heavy atom. The molecule has 0 saturated carbocycles. The summed E-state index contributed by atoms with van der Waals surface area (Å²) in [5.41, 5.74) is 6.24. The SMILES string of the molecule is CCSCCOC(=O)CCOc1ccc(N)cc1. The molecule has 0 bridgehead atoms. The molecule has 0 spiro atoms. The van der Waals surface area contributed by atoms with Crippen molar-refractivity contribution in [2.75, 3.05) is 30.5 Å². The van der Waals surface area contributed by atoms with Gasteiger partial charge in [0.05, 0.1) is 13.0 Å². The minimum Gasteiger partial charge on any atom is -0.493 e. The van der Waals surface area contributed by atoms with Crippen molar-refractivity contribution in [1.29, 1.82) is 0 Å². The van der Waals surface area contributed by atoms with Crippen molar-refractivity contribution < 1.29 is 14.3 Å². The number of carbonyl (C=O) groups excluding carboxylic acids is 1. The lowest BCUT2D eigenvalue weighted by Crippen LogP contribution is -2.11. The van der Waals surface area contributed by atoms with Gasteiger partial charge in [-0.05, 0) is 30.0 Å².